The number of amides is 1. The SMILES string of the molecule is CCNCc1cc(Cl)ccc1OCC(=O)NCCC(C)C. The van der Waals surface area contributed by atoms with Gasteiger partial charge in [0.05, 0.1) is 0 Å². The number of halogens is 1. The molecule has 5 heteroatoms. The summed E-state index contributed by atoms with van der Waals surface area (Å²) in [7, 11) is 0. The number of ether oxygens (including phenoxy) is 1. The van der Waals surface area contributed by atoms with Crippen LogP contribution < -0.4 is 15.4 Å². The maximum absolute atomic E-state index is 11.7. The van der Waals surface area contributed by atoms with Gasteiger partial charge < -0.3 is 15.4 Å². The maximum atomic E-state index is 11.7. The molecule has 0 saturated carbocycles. The second-order valence-electron chi connectivity index (χ2n) is 5.35. The van der Waals surface area contributed by atoms with Crippen molar-refractivity contribution < 1.29 is 9.53 Å². The fraction of sp³-hybridized carbons (Fsp3) is 0.562. The van der Waals surface area contributed by atoms with Crippen LogP contribution in [0.15, 0.2) is 18.2 Å². The summed E-state index contributed by atoms with van der Waals surface area (Å²) in [5.74, 6) is 1.17. The third kappa shape index (κ3) is 7.34. The Labute approximate surface area is 132 Å². The van der Waals surface area contributed by atoms with Crippen molar-refractivity contribution in [3.05, 3.63) is 28.8 Å². The van der Waals surface area contributed by atoms with Gasteiger partial charge in [-0.1, -0.05) is 32.4 Å². The summed E-state index contributed by atoms with van der Waals surface area (Å²) in [5.41, 5.74) is 0.958. The normalized spacial score (nSPS) is 10.7. The zero-order valence-electron chi connectivity index (χ0n) is 13.0. The van der Waals surface area contributed by atoms with Crippen molar-refractivity contribution in [1.82, 2.24) is 10.6 Å². The van der Waals surface area contributed by atoms with Gasteiger partial charge in [-0.15, -0.1) is 0 Å². The van der Waals surface area contributed by atoms with E-state index in [0.717, 1.165) is 18.5 Å². The highest BCUT2D eigenvalue weighted by Gasteiger charge is 2.07. The predicted molar refractivity (Wildman–Crippen MR) is 86.8 cm³/mol. The van der Waals surface area contributed by atoms with E-state index in [4.69, 9.17) is 16.3 Å². The average molecular weight is 313 g/mol. The largest absolute Gasteiger partial charge is 0.483 e. The molecule has 0 aliphatic rings. The molecule has 2 N–H and O–H groups in total. The topological polar surface area (TPSA) is 50.4 Å². The second kappa shape index (κ2) is 9.64. The number of benzene rings is 1. The van der Waals surface area contributed by atoms with Gasteiger partial charge in [0, 0.05) is 23.7 Å². The van der Waals surface area contributed by atoms with Crippen LogP contribution in [0.5, 0.6) is 5.75 Å². The maximum Gasteiger partial charge on any atom is 0.257 e. The van der Waals surface area contributed by atoms with Crippen molar-refractivity contribution in [2.45, 2.75) is 33.7 Å². The van der Waals surface area contributed by atoms with Crippen LogP contribution in [0.25, 0.3) is 0 Å². The Bertz CT molecular complexity index is 450. The first kappa shape index (κ1) is 17.8. The Morgan fingerprint density at radius 2 is 2.14 bits per heavy atom. The molecule has 4 nitrogen and oxygen atoms in total. The van der Waals surface area contributed by atoms with Gasteiger partial charge in [-0.3, -0.25) is 4.79 Å². The third-order valence-corrected chi connectivity index (χ3v) is 3.23. The van der Waals surface area contributed by atoms with Crippen LogP contribution >= 0.6 is 11.6 Å². The summed E-state index contributed by atoms with van der Waals surface area (Å²) < 4.78 is 5.60. The van der Waals surface area contributed by atoms with E-state index in [1.54, 1.807) is 12.1 Å². The number of hydrogen-bond donors (Lipinski definition) is 2. The molecular formula is C16H25ClN2O2. The van der Waals surface area contributed by atoms with Crippen LogP contribution in [0.4, 0.5) is 0 Å². The van der Waals surface area contributed by atoms with Crippen molar-refractivity contribution in [3.63, 3.8) is 0 Å². The van der Waals surface area contributed by atoms with E-state index in [-0.39, 0.29) is 12.5 Å². The fourth-order valence-electron chi connectivity index (χ4n) is 1.78. The Morgan fingerprint density at radius 1 is 1.38 bits per heavy atom. The van der Waals surface area contributed by atoms with E-state index in [0.29, 0.717) is 29.8 Å². The molecular weight excluding hydrogens is 288 g/mol. The molecule has 1 amide bonds. The van der Waals surface area contributed by atoms with Gasteiger partial charge in [0.2, 0.25) is 0 Å². The monoisotopic (exact) mass is 312 g/mol. The van der Waals surface area contributed by atoms with Gasteiger partial charge in [0.1, 0.15) is 5.75 Å². The number of carbonyl (C=O) groups is 1. The number of nitrogens with one attached hydrogen (secondary N) is 2. The molecule has 1 rings (SSSR count). The molecule has 0 fully saturated rings. The van der Waals surface area contributed by atoms with E-state index < -0.39 is 0 Å². The summed E-state index contributed by atoms with van der Waals surface area (Å²) in [6.45, 7) is 8.53. The van der Waals surface area contributed by atoms with Crippen molar-refractivity contribution in [1.29, 1.82) is 0 Å². The summed E-state index contributed by atoms with van der Waals surface area (Å²) in [6.07, 6.45) is 0.971. The molecule has 0 aliphatic carbocycles. The molecule has 0 bridgehead atoms. The Hall–Kier alpha value is -1.26. The first-order chi connectivity index (χ1) is 10.0. The van der Waals surface area contributed by atoms with Crippen molar-refractivity contribution in [2.75, 3.05) is 19.7 Å². The minimum Gasteiger partial charge on any atom is -0.483 e. The fourth-order valence-corrected chi connectivity index (χ4v) is 1.98. The van der Waals surface area contributed by atoms with Crippen LogP contribution in [0.3, 0.4) is 0 Å². The zero-order valence-corrected chi connectivity index (χ0v) is 13.8. The standard InChI is InChI=1S/C16H25ClN2O2/c1-4-18-10-13-9-14(17)5-6-15(13)21-11-16(20)19-8-7-12(2)3/h5-6,9,12,18H,4,7-8,10-11H2,1-3H3,(H,19,20). The molecule has 0 unspecified atom stereocenters. The minimum absolute atomic E-state index is 0.0266. The van der Waals surface area contributed by atoms with Crippen molar-refractivity contribution in [2.24, 2.45) is 5.92 Å². The van der Waals surface area contributed by atoms with Gasteiger partial charge in [0.15, 0.2) is 6.61 Å². The smallest absolute Gasteiger partial charge is 0.257 e. The van der Waals surface area contributed by atoms with Gasteiger partial charge in [-0.2, -0.15) is 0 Å². The van der Waals surface area contributed by atoms with Crippen LogP contribution in [0.2, 0.25) is 5.02 Å². The lowest BCUT2D eigenvalue weighted by Crippen LogP contribution is -2.30. The highest BCUT2D eigenvalue weighted by Crippen LogP contribution is 2.22. The molecule has 118 valence electrons. The number of hydrogen-bond acceptors (Lipinski definition) is 3. The summed E-state index contributed by atoms with van der Waals surface area (Å²) in [6, 6.07) is 5.43. The van der Waals surface area contributed by atoms with Gasteiger partial charge in [-0.25, -0.2) is 0 Å². The lowest BCUT2D eigenvalue weighted by molar-refractivity contribution is -0.123. The summed E-state index contributed by atoms with van der Waals surface area (Å²) in [4.78, 5) is 11.7. The Morgan fingerprint density at radius 3 is 2.81 bits per heavy atom. The van der Waals surface area contributed by atoms with E-state index in [1.807, 2.05) is 13.0 Å². The first-order valence-corrected chi connectivity index (χ1v) is 7.79. The third-order valence-electron chi connectivity index (χ3n) is 2.99. The lowest BCUT2D eigenvalue weighted by atomic mass is 10.1. The van der Waals surface area contributed by atoms with E-state index in [1.165, 1.54) is 0 Å². The van der Waals surface area contributed by atoms with Crippen LogP contribution in [-0.2, 0) is 11.3 Å². The minimum atomic E-state index is -0.0972. The molecule has 0 spiro atoms. The summed E-state index contributed by atoms with van der Waals surface area (Å²) >= 11 is 5.99. The Kier molecular flexibility index (Phi) is 8.16. The highest BCUT2D eigenvalue weighted by molar-refractivity contribution is 6.30. The first-order valence-electron chi connectivity index (χ1n) is 7.41. The van der Waals surface area contributed by atoms with Gasteiger partial charge in [-0.05, 0) is 37.1 Å². The molecule has 0 aliphatic heterocycles. The van der Waals surface area contributed by atoms with Crippen molar-refractivity contribution >= 4 is 17.5 Å². The molecule has 1 aromatic carbocycles. The van der Waals surface area contributed by atoms with E-state index in [2.05, 4.69) is 24.5 Å². The molecule has 0 atom stereocenters. The second-order valence-corrected chi connectivity index (χ2v) is 5.79. The van der Waals surface area contributed by atoms with E-state index >= 15 is 0 Å². The highest BCUT2D eigenvalue weighted by atomic mass is 35.5. The molecule has 0 radical (unpaired) electrons. The van der Waals surface area contributed by atoms with E-state index in [9.17, 15) is 4.79 Å². The molecule has 0 saturated heterocycles. The van der Waals surface area contributed by atoms with Crippen LogP contribution in [0, 0.1) is 5.92 Å². The van der Waals surface area contributed by atoms with Crippen LogP contribution in [0.1, 0.15) is 32.8 Å². The summed E-state index contributed by atoms with van der Waals surface area (Å²) in [5, 5.41) is 6.74. The van der Waals surface area contributed by atoms with Gasteiger partial charge >= 0.3 is 0 Å². The quantitative estimate of drug-likeness (QED) is 0.737. The van der Waals surface area contributed by atoms with Crippen LogP contribution in [-0.4, -0.2) is 25.6 Å². The predicted octanol–water partition coefficient (Wildman–Crippen LogP) is 2.99. The number of carbonyl (C=O) groups excluding carboxylic acids is 1. The van der Waals surface area contributed by atoms with Gasteiger partial charge in [0.25, 0.3) is 5.91 Å². The molecule has 1 aromatic rings. The lowest BCUT2D eigenvalue weighted by Gasteiger charge is -2.13. The Balaban J connectivity index is 2.48. The molecule has 21 heavy (non-hydrogen) atoms. The molecule has 0 heterocycles. The molecule has 0 aromatic heterocycles. The number of rotatable bonds is 9. The zero-order chi connectivity index (χ0) is 15.7. The average Bonchev–Trinajstić information content (AvgIpc) is 2.43. The van der Waals surface area contributed by atoms with Crippen molar-refractivity contribution in [3.8, 4) is 5.75 Å².